The highest BCUT2D eigenvalue weighted by Crippen LogP contribution is 2.37. The van der Waals surface area contributed by atoms with Crippen molar-refractivity contribution >= 4 is 12.9 Å². The fraction of sp³-hybridized carbons (Fsp3) is 0.556. The van der Waals surface area contributed by atoms with Crippen LogP contribution in [-0.4, -0.2) is 44.5 Å². The third-order valence-corrected chi connectivity index (χ3v) is 3.01. The maximum atomic E-state index is 11.6. The summed E-state index contributed by atoms with van der Waals surface area (Å²) in [6.07, 6.45) is 0.221. The van der Waals surface area contributed by atoms with E-state index in [1.807, 2.05) is 0 Å². The number of anilines is 1. The maximum absolute atomic E-state index is 11.6. The van der Waals surface area contributed by atoms with Crippen LogP contribution < -0.4 is 11.4 Å². The maximum Gasteiger partial charge on any atom is 0.457 e. The van der Waals surface area contributed by atoms with Gasteiger partial charge in [-0.1, -0.05) is 0 Å². The number of nitrogens with zero attached hydrogens (tertiary/aromatic N) is 2. The summed E-state index contributed by atoms with van der Waals surface area (Å²) in [5.74, 6) is -0.545. The van der Waals surface area contributed by atoms with Crippen LogP contribution in [0.2, 0.25) is 5.82 Å². The summed E-state index contributed by atoms with van der Waals surface area (Å²) in [5.41, 5.74) is 4.79. The van der Waals surface area contributed by atoms with Gasteiger partial charge in [-0.2, -0.15) is 4.98 Å². The van der Waals surface area contributed by atoms with Gasteiger partial charge in [0.15, 0.2) is 0 Å². The second-order valence-electron chi connectivity index (χ2n) is 4.17. The van der Waals surface area contributed by atoms with Crippen molar-refractivity contribution in [3.05, 3.63) is 22.7 Å². The standard InChI is InChI=1S/C9H14BN3O5/c11-7-1-2-13(9(15)12-7)8-3-5(10(16)17)6(4-14)18-8/h1-2,5-6,8,14,16-17H,3-4H2,(H2,11,12,15)/t5-,6+,8-/m0/s1. The minimum Gasteiger partial charge on any atom is -0.427 e. The number of aromatic nitrogens is 2. The average Bonchev–Trinajstić information content (AvgIpc) is 2.73. The van der Waals surface area contributed by atoms with Gasteiger partial charge in [0.05, 0.1) is 12.7 Å². The van der Waals surface area contributed by atoms with Crippen molar-refractivity contribution < 1.29 is 19.9 Å². The van der Waals surface area contributed by atoms with Crippen LogP contribution in [0.5, 0.6) is 0 Å². The molecule has 1 aliphatic rings. The first-order valence-corrected chi connectivity index (χ1v) is 5.50. The van der Waals surface area contributed by atoms with E-state index in [0.717, 1.165) is 0 Å². The number of hydrogen-bond donors (Lipinski definition) is 4. The van der Waals surface area contributed by atoms with E-state index in [1.165, 1.54) is 16.8 Å². The van der Waals surface area contributed by atoms with E-state index in [0.29, 0.717) is 0 Å². The van der Waals surface area contributed by atoms with Crippen LogP contribution in [0.15, 0.2) is 17.1 Å². The van der Waals surface area contributed by atoms with Crippen molar-refractivity contribution in [2.75, 3.05) is 12.3 Å². The molecule has 0 unspecified atom stereocenters. The molecular weight excluding hydrogens is 241 g/mol. The van der Waals surface area contributed by atoms with E-state index in [-0.39, 0.29) is 18.8 Å². The van der Waals surface area contributed by atoms with Crippen LogP contribution >= 0.6 is 0 Å². The molecule has 0 amide bonds. The van der Waals surface area contributed by atoms with Gasteiger partial charge in [0.1, 0.15) is 12.0 Å². The van der Waals surface area contributed by atoms with Gasteiger partial charge in [0, 0.05) is 12.0 Å². The van der Waals surface area contributed by atoms with Crippen molar-refractivity contribution in [1.82, 2.24) is 9.55 Å². The summed E-state index contributed by atoms with van der Waals surface area (Å²) in [6.45, 7) is -0.351. The fourth-order valence-electron chi connectivity index (χ4n) is 2.06. The molecule has 0 aromatic carbocycles. The quantitative estimate of drug-likeness (QED) is 0.457. The highest BCUT2D eigenvalue weighted by molar-refractivity contribution is 6.43. The molecule has 5 N–H and O–H groups in total. The highest BCUT2D eigenvalue weighted by atomic mass is 16.5. The van der Waals surface area contributed by atoms with Gasteiger partial charge >= 0.3 is 12.8 Å². The molecule has 1 fully saturated rings. The summed E-state index contributed by atoms with van der Waals surface area (Å²) in [5, 5.41) is 27.4. The lowest BCUT2D eigenvalue weighted by atomic mass is 9.69. The van der Waals surface area contributed by atoms with Crippen molar-refractivity contribution in [1.29, 1.82) is 0 Å². The largest absolute Gasteiger partial charge is 0.457 e. The molecule has 1 saturated heterocycles. The lowest BCUT2D eigenvalue weighted by Crippen LogP contribution is -2.29. The van der Waals surface area contributed by atoms with Crippen molar-refractivity contribution in [2.45, 2.75) is 24.6 Å². The Morgan fingerprint density at radius 2 is 2.33 bits per heavy atom. The first kappa shape index (κ1) is 13.0. The highest BCUT2D eigenvalue weighted by Gasteiger charge is 2.42. The van der Waals surface area contributed by atoms with Crippen LogP contribution in [0, 0.1) is 0 Å². The van der Waals surface area contributed by atoms with Crippen molar-refractivity contribution in [3.8, 4) is 0 Å². The third-order valence-electron chi connectivity index (χ3n) is 3.01. The molecular formula is C9H14BN3O5. The minimum atomic E-state index is -1.61. The molecule has 98 valence electrons. The first-order valence-electron chi connectivity index (χ1n) is 5.50. The van der Waals surface area contributed by atoms with Gasteiger partial charge < -0.3 is 25.6 Å². The number of hydrogen-bond acceptors (Lipinski definition) is 7. The summed E-state index contributed by atoms with van der Waals surface area (Å²) in [6, 6.07) is 1.45. The fourth-order valence-corrected chi connectivity index (χ4v) is 2.06. The SMILES string of the molecule is Nc1ccn([C@@H]2C[C@H](B(O)O)[C@@H](CO)O2)c(=O)n1. The van der Waals surface area contributed by atoms with Gasteiger partial charge in [-0.05, 0) is 12.5 Å². The van der Waals surface area contributed by atoms with Gasteiger partial charge in [0.25, 0.3) is 0 Å². The van der Waals surface area contributed by atoms with Gasteiger partial charge in [0.2, 0.25) is 0 Å². The molecule has 9 heteroatoms. The Kier molecular flexibility index (Phi) is 3.67. The summed E-state index contributed by atoms with van der Waals surface area (Å²) in [7, 11) is -1.61. The van der Waals surface area contributed by atoms with E-state index in [2.05, 4.69) is 4.98 Å². The Hall–Kier alpha value is -1.42. The van der Waals surface area contributed by atoms with Gasteiger partial charge in [-0.3, -0.25) is 4.57 Å². The van der Waals surface area contributed by atoms with Crippen molar-refractivity contribution in [3.63, 3.8) is 0 Å². The Bertz CT molecular complexity index is 480. The van der Waals surface area contributed by atoms with E-state index in [9.17, 15) is 14.8 Å². The molecule has 0 saturated carbocycles. The van der Waals surface area contributed by atoms with Crippen molar-refractivity contribution in [2.24, 2.45) is 0 Å². The Morgan fingerprint density at radius 3 is 2.83 bits per heavy atom. The van der Waals surface area contributed by atoms with E-state index in [1.54, 1.807) is 0 Å². The molecule has 1 aliphatic heterocycles. The predicted molar refractivity (Wildman–Crippen MR) is 62.5 cm³/mol. The lowest BCUT2D eigenvalue weighted by molar-refractivity contribution is -0.0256. The summed E-state index contributed by atoms with van der Waals surface area (Å²) >= 11 is 0. The second kappa shape index (κ2) is 5.06. The van der Waals surface area contributed by atoms with Gasteiger partial charge in [-0.15, -0.1) is 0 Å². The van der Waals surface area contributed by atoms with Gasteiger partial charge in [-0.25, -0.2) is 4.79 Å². The number of nitrogens with two attached hydrogens (primary N) is 1. The predicted octanol–water partition coefficient (Wildman–Crippen LogP) is -2.05. The number of aliphatic hydroxyl groups is 1. The second-order valence-corrected chi connectivity index (χ2v) is 4.17. The molecule has 2 rings (SSSR count). The van der Waals surface area contributed by atoms with Crippen LogP contribution in [-0.2, 0) is 4.74 Å². The summed E-state index contributed by atoms with van der Waals surface area (Å²) in [4.78, 5) is 15.2. The number of aliphatic hydroxyl groups excluding tert-OH is 1. The summed E-state index contributed by atoms with van der Waals surface area (Å²) < 4.78 is 6.61. The number of ether oxygens (including phenoxy) is 1. The first-order chi connectivity index (χ1) is 8.52. The molecule has 0 radical (unpaired) electrons. The average molecular weight is 255 g/mol. The van der Waals surface area contributed by atoms with E-state index >= 15 is 0 Å². The topological polar surface area (TPSA) is 131 Å². The lowest BCUT2D eigenvalue weighted by Gasteiger charge is -2.15. The zero-order valence-corrected chi connectivity index (χ0v) is 9.51. The van der Waals surface area contributed by atoms with Crippen LogP contribution in [0.3, 0.4) is 0 Å². The molecule has 8 nitrogen and oxygen atoms in total. The Labute approximate surface area is 103 Å². The molecule has 2 heterocycles. The molecule has 0 spiro atoms. The Morgan fingerprint density at radius 1 is 1.61 bits per heavy atom. The van der Waals surface area contributed by atoms with E-state index < -0.39 is 31.0 Å². The molecule has 1 aromatic rings. The Balaban J connectivity index is 2.23. The molecule has 0 aliphatic carbocycles. The zero-order chi connectivity index (χ0) is 13.3. The zero-order valence-electron chi connectivity index (χ0n) is 9.51. The van der Waals surface area contributed by atoms with Crippen LogP contribution in [0.4, 0.5) is 5.82 Å². The third kappa shape index (κ3) is 2.39. The molecule has 1 aromatic heterocycles. The minimum absolute atomic E-state index is 0.103. The van der Waals surface area contributed by atoms with Crippen LogP contribution in [0.1, 0.15) is 12.6 Å². The smallest absolute Gasteiger partial charge is 0.427 e. The molecule has 18 heavy (non-hydrogen) atoms. The van der Waals surface area contributed by atoms with E-state index in [4.69, 9.17) is 15.6 Å². The number of nitrogen functional groups attached to an aromatic ring is 1. The monoisotopic (exact) mass is 255 g/mol. The molecule has 0 bridgehead atoms. The van der Waals surface area contributed by atoms with Crippen LogP contribution in [0.25, 0.3) is 0 Å². The molecule has 3 atom stereocenters. The number of rotatable bonds is 3. The normalized spacial score (nSPS) is 27.4.